The van der Waals surface area contributed by atoms with Crippen LogP contribution < -0.4 is 10.5 Å². The van der Waals surface area contributed by atoms with Gasteiger partial charge in [-0.1, -0.05) is 13.3 Å². The molecule has 0 aliphatic rings. The first-order valence-electron chi connectivity index (χ1n) is 5.10. The molecule has 1 rings (SSSR count). The molecular formula is C10H17N3O2. The van der Waals surface area contributed by atoms with Crippen molar-refractivity contribution in [2.75, 3.05) is 25.6 Å². The van der Waals surface area contributed by atoms with Crippen molar-refractivity contribution >= 4 is 5.69 Å². The van der Waals surface area contributed by atoms with E-state index in [4.69, 9.17) is 15.2 Å². The van der Waals surface area contributed by atoms with Crippen molar-refractivity contribution in [1.82, 2.24) is 9.97 Å². The number of anilines is 1. The Bertz CT molecular complexity index is 281. The molecule has 5 heteroatoms. The summed E-state index contributed by atoms with van der Waals surface area (Å²) in [5.41, 5.74) is 6.04. The molecule has 1 heterocycles. The Morgan fingerprint density at radius 2 is 2.20 bits per heavy atom. The number of nitrogens with zero attached hydrogens (tertiary/aromatic N) is 2. The molecule has 0 aliphatic carbocycles. The smallest absolute Gasteiger partial charge is 0.240 e. The Balaban J connectivity index is 2.12. The van der Waals surface area contributed by atoms with E-state index < -0.39 is 0 Å². The summed E-state index contributed by atoms with van der Waals surface area (Å²) in [5, 5.41) is 0. The fourth-order valence-corrected chi connectivity index (χ4v) is 0.995. The van der Waals surface area contributed by atoms with Gasteiger partial charge in [0.2, 0.25) is 5.88 Å². The molecule has 0 saturated heterocycles. The summed E-state index contributed by atoms with van der Waals surface area (Å²) >= 11 is 0. The Kier molecular flexibility index (Phi) is 5.47. The molecule has 0 aromatic carbocycles. The van der Waals surface area contributed by atoms with Gasteiger partial charge in [0.25, 0.3) is 0 Å². The van der Waals surface area contributed by atoms with E-state index in [2.05, 4.69) is 16.9 Å². The van der Waals surface area contributed by atoms with Gasteiger partial charge in [-0.3, -0.25) is 0 Å². The van der Waals surface area contributed by atoms with Crippen molar-refractivity contribution < 1.29 is 9.47 Å². The number of nitrogen functional groups attached to an aromatic ring is 1. The third-order valence-corrected chi connectivity index (χ3v) is 1.81. The molecule has 0 unspecified atom stereocenters. The topological polar surface area (TPSA) is 70.3 Å². The van der Waals surface area contributed by atoms with E-state index in [1.807, 2.05) is 0 Å². The van der Waals surface area contributed by atoms with Crippen molar-refractivity contribution in [2.24, 2.45) is 0 Å². The zero-order valence-corrected chi connectivity index (χ0v) is 8.98. The molecule has 5 nitrogen and oxygen atoms in total. The molecule has 0 amide bonds. The van der Waals surface area contributed by atoms with Crippen molar-refractivity contribution in [2.45, 2.75) is 19.8 Å². The third kappa shape index (κ3) is 4.60. The summed E-state index contributed by atoms with van der Waals surface area (Å²) < 4.78 is 10.6. The lowest BCUT2D eigenvalue weighted by Crippen LogP contribution is -2.09. The number of unbranched alkanes of at least 4 members (excludes halogenated alkanes) is 1. The van der Waals surface area contributed by atoms with Crippen LogP contribution in [0.1, 0.15) is 19.8 Å². The molecule has 0 saturated carbocycles. The van der Waals surface area contributed by atoms with Gasteiger partial charge in [0.15, 0.2) is 0 Å². The van der Waals surface area contributed by atoms with Crippen molar-refractivity contribution in [3.63, 3.8) is 0 Å². The minimum Gasteiger partial charge on any atom is -0.474 e. The number of hydrogen-bond acceptors (Lipinski definition) is 5. The van der Waals surface area contributed by atoms with Gasteiger partial charge >= 0.3 is 0 Å². The predicted molar refractivity (Wildman–Crippen MR) is 57.7 cm³/mol. The Morgan fingerprint density at radius 1 is 1.33 bits per heavy atom. The van der Waals surface area contributed by atoms with Crippen molar-refractivity contribution in [3.8, 4) is 5.88 Å². The highest BCUT2D eigenvalue weighted by Gasteiger charge is 1.99. The van der Waals surface area contributed by atoms with Crippen LogP contribution in [0.2, 0.25) is 0 Å². The largest absolute Gasteiger partial charge is 0.474 e. The molecule has 2 N–H and O–H groups in total. The molecule has 1 aromatic rings. The summed E-state index contributed by atoms with van der Waals surface area (Å²) in [6.07, 6.45) is 5.14. The monoisotopic (exact) mass is 211 g/mol. The number of hydrogen-bond donors (Lipinski definition) is 1. The average Bonchev–Trinajstić information content (AvgIpc) is 2.25. The van der Waals surface area contributed by atoms with Crippen LogP contribution in [-0.4, -0.2) is 29.8 Å². The van der Waals surface area contributed by atoms with Crippen molar-refractivity contribution in [3.05, 3.63) is 12.5 Å². The van der Waals surface area contributed by atoms with Gasteiger partial charge in [0.05, 0.1) is 12.8 Å². The van der Waals surface area contributed by atoms with Gasteiger partial charge < -0.3 is 15.2 Å². The number of nitrogens with two attached hydrogens (primary N) is 1. The van der Waals surface area contributed by atoms with E-state index in [0.29, 0.717) is 24.8 Å². The third-order valence-electron chi connectivity index (χ3n) is 1.81. The molecule has 0 bridgehead atoms. The minimum absolute atomic E-state index is 0.420. The number of rotatable bonds is 7. The molecule has 0 atom stereocenters. The summed E-state index contributed by atoms with van der Waals surface area (Å²) in [6, 6.07) is 0. The molecule has 0 fully saturated rings. The predicted octanol–water partition coefficient (Wildman–Crippen LogP) is 1.25. The van der Waals surface area contributed by atoms with Crippen LogP contribution in [0.5, 0.6) is 5.88 Å². The first kappa shape index (κ1) is 11.7. The minimum atomic E-state index is 0.420. The molecule has 1 aromatic heterocycles. The highest BCUT2D eigenvalue weighted by atomic mass is 16.5. The second-order valence-electron chi connectivity index (χ2n) is 3.10. The number of ether oxygens (including phenoxy) is 2. The summed E-state index contributed by atoms with van der Waals surface area (Å²) in [5.74, 6) is 0.420. The lowest BCUT2D eigenvalue weighted by Gasteiger charge is -2.07. The quantitative estimate of drug-likeness (QED) is 0.687. The molecular weight excluding hydrogens is 194 g/mol. The highest BCUT2D eigenvalue weighted by Crippen LogP contribution is 2.13. The second-order valence-corrected chi connectivity index (χ2v) is 3.10. The van der Waals surface area contributed by atoms with Crippen LogP contribution >= 0.6 is 0 Å². The van der Waals surface area contributed by atoms with Crippen LogP contribution in [-0.2, 0) is 4.74 Å². The SMILES string of the molecule is CCCCOCCOc1ncncc1N. The maximum absolute atomic E-state index is 5.59. The van der Waals surface area contributed by atoms with E-state index >= 15 is 0 Å². The maximum Gasteiger partial charge on any atom is 0.240 e. The van der Waals surface area contributed by atoms with Gasteiger partial charge in [0, 0.05) is 6.61 Å². The average molecular weight is 211 g/mol. The van der Waals surface area contributed by atoms with E-state index in [0.717, 1.165) is 19.4 Å². The molecule has 0 radical (unpaired) electrons. The standard InChI is InChI=1S/C10H17N3O2/c1-2-3-4-14-5-6-15-10-9(11)7-12-8-13-10/h7-8H,2-6,11H2,1H3. The Morgan fingerprint density at radius 3 is 2.93 bits per heavy atom. The molecule has 15 heavy (non-hydrogen) atoms. The normalized spacial score (nSPS) is 10.2. The maximum atomic E-state index is 5.59. The van der Waals surface area contributed by atoms with Gasteiger partial charge in [-0.2, -0.15) is 0 Å². The van der Waals surface area contributed by atoms with Crippen molar-refractivity contribution in [1.29, 1.82) is 0 Å². The lowest BCUT2D eigenvalue weighted by molar-refractivity contribution is 0.0967. The summed E-state index contributed by atoms with van der Waals surface area (Å²) in [4.78, 5) is 7.66. The van der Waals surface area contributed by atoms with Gasteiger partial charge in [-0.25, -0.2) is 9.97 Å². The summed E-state index contributed by atoms with van der Waals surface area (Å²) in [6.45, 7) is 3.93. The van der Waals surface area contributed by atoms with E-state index in [1.54, 1.807) is 0 Å². The summed E-state index contributed by atoms with van der Waals surface area (Å²) in [7, 11) is 0. The van der Waals surface area contributed by atoms with Gasteiger partial charge in [-0.15, -0.1) is 0 Å². The second kappa shape index (κ2) is 7.00. The fraction of sp³-hybridized carbons (Fsp3) is 0.600. The fourth-order valence-electron chi connectivity index (χ4n) is 0.995. The zero-order chi connectivity index (χ0) is 10.9. The van der Waals surface area contributed by atoms with Gasteiger partial charge in [0.1, 0.15) is 18.6 Å². The lowest BCUT2D eigenvalue weighted by atomic mass is 10.4. The Labute approximate surface area is 89.6 Å². The molecule has 84 valence electrons. The first-order valence-corrected chi connectivity index (χ1v) is 5.10. The van der Waals surface area contributed by atoms with Crippen LogP contribution in [0.15, 0.2) is 12.5 Å². The van der Waals surface area contributed by atoms with Crippen LogP contribution in [0.3, 0.4) is 0 Å². The number of aromatic nitrogens is 2. The van der Waals surface area contributed by atoms with E-state index in [9.17, 15) is 0 Å². The first-order chi connectivity index (χ1) is 7.34. The molecule has 0 spiro atoms. The van der Waals surface area contributed by atoms with Crippen LogP contribution in [0, 0.1) is 0 Å². The van der Waals surface area contributed by atoms with Crippen LogP contribution in [0.4, 0.5) is 5.69 Å². The van der Waals surface area contributed by atoms with E-state index in [1.165, 1.54) is 12.5 Å². The van der Waals surface area contributed by atoms with Crippen LogP contribution in [0.25, 0.3) is 0 Å². The Hall–Kier alpha value is -1.36. The van der Waals surface area contributed by atoms with E-state index in [-0.39, 0.29) is 0 Å². The molecule has 0 aliphatic heterocycles. The highest BCUT2D eigenvalue weighted by molar-refractivity contribution is 5.44. The van der Waals surface area contributed by atoms with Gasteiger partial charge in [-0.05, 0) is 6.42 Å². The zero-order valence-electron chi connectivity index (χ0n) is 8.98.